The van der Waals surface area contributed by atoms with Gasteiger partial charge in [-0.1, -0.05) is 183 Å². The fourth-order valence-corrected chi connectivity index (χ4v) is 7.36. The van der Waals surface area contributed by atoms with Crippen LogP contribution in [0.3, 0.4) is 0 Å². The maximum atomic E-state index is 5.18. The van der Waals surface area contributed by atoms with Crippen LogP contribution in [0.1, 0.15) is 27.8 Å². The van der Waals surface area contributed by atoms with E-state index >= 15 is 0 Å². The van der Waals surface area contributed by atoms with E-state index in [1.54, 1.807) is 0 Å². The maximum Gasteiger partial charge on any atom is 0.161 e. The third-order valence-corrected chi connectivity index (χ3v) is 10.0. The fraction of sp³-hybridized carbons (Fsp3) is 0.0192. The first kappa shape index (κ1) is 34.8. The number of amidine groups is 2. The molecule has 0 atom stereocenters. The second-order valence-electron chi connectivity index (χ2n) is 13.3. The van der Waals surface area contributed by atoms with Crippen molar-refractivity contribution in [1.29, 1.82) is 0 Å². The van der Waals surface area contributed by atoms with E-state index in [9.17, 15) is 0 Å². The normalized spacial score (nSPS) is 11.8. The Labute approximate surface area is 322 Å². The smallest absolute Gasteiger partial charge is 0.161 e. The molecule has 0 aliphatic heterocycles. The predicted molar refractivity (Wildman–Crippen MR) is 237 cm³/mol. The van der Waals surface area contributed by atoms with Gasteiger partial charge in [0.05, 0.1) is 6.54 Å². The van der Waals surface area contributed by atoms with Crippen molar-refractivity contribution < 1.29 is 0 Å². The third kappa shape index (κ3) is 7.12. The van der Waals surface area contributed by atoms with Crippen molar-refractivity contribution in [2.45, 2.75) is 6.54 Å². The molecule has 0 unspecified atom stereocenters. The number of benzene rings is 8. The molecule has 8 aromatic carbocycles. The molecule has 3 heteroatoms. The third-order valence-electron chi connectivity index (χ3n) is 10.0. The Bertz CT molecular complexity index is 2740. The first-order valence-electron chi connectivity index (χ1n) is 18.4. The molecule has 0 bridgehead atoms. The van der Waals surface area contributed by atoms with Gasteiger partial charge in [-0.2, -0.15) is 0 Å². The van der Waals surface area contributed by atoms with Crippen molar-refractivity contribution in [3.05, 3.63) is 217 Å². The highest BCUT2D eigenvalue weighted by Crippen LogP contribution is 2.41. The predicted octanol–water partition coefficient (Wildman–Crippen LogP) is 13.4. The molecule has 0 fully saturated rings. The summed E-state index contributed by atoms with van der Waals surface area (Å²) in [5.41, 5.74) is 11.6. The largest absolute Gasteiger partial charge is 0.261 e. The van der Waals surface area contributed by atoms with Crippen molar-refractivity contribution in [3.63, 3.8) is 0 Å². The van der Waals surface area contributed by atoms with Crippen LogP contribution < -0.4 is 0 Å². The Balaban J connectivity index is 1.40. The first-order valence-corrected chi connectivity index (χ1v) is 18.4. The number of rotatable bonds is 9. The summed E-state index contributed by atoms with van der Waals surface area (Å²) >= 11 is 0. The molecule has 0 saturated heterocycles. The molecule has 0 radical (unpaired) electrons. The molecule has 8 rings (SSSR count). The van der Waals surface area contributed by atoms with Gasteiger partial charge in [0.25, 0.3) is 0 Å². The second kappa shape index (κ2) is 15.8. The van der Waals surface area contributed by atoms with Crippen LogP contribution in [0.25, 0.3) is 67.1 Å². The zero-order chi connectivity index (χ0) is 37.6. The molecule has 0 aromatic heterocycles. The summed E-state index contributed by atoms with van der Waals surface area (Å²) in [5, 5.41) is 4.58. The Morgan fingerprint density at radius 2 is 1.00 bits per heavy atom. The summed E-state index contributed by atoms with van der Waals surface area (Å²) in [6.07, 6.45) is 3.89. The topological polar surface area (TPSA) is 37.1 Å². The van der Waals surface area contributed by atoms with Crippen LogP contribution in [0.5, 0.6) is 0 Å². The summed E-state index contributed by atoms with van der Waals surface area (Å²) in [4.78, 5) is 14.7. The highest BCUT2D eigenvalue weighted by Gasteiger charge is 2.17. The molecule has 3 nitrogen and oxygen atoms in total. The van der Waals surface area contributed by atoms with Crippen molar-refractivity contribution in [1.82, 2.24) is 0 Å². The second-order valence-corrected chi connectivity index (χ2v) is 13.3. The van der Waals surface area contributed by atoms with Crippen LogP contribution >= 0.6 is 0 Å². The van der Waals surface area contributed by atoms with Crippen LogP contribution in [-0.2, 0) is 6.54 Å². The van der Waals surface area contributed by atoms with E-state index in [4.69, 9.17) is 9.98 Å². The summed E-state index contributed by atoms with van der Waals surface area (Å²) in [6.45, 7) is 12.8. The Hall–Kier alpha value is -7.23. The van der Waals surface area contributed by atoms with Crippen LogP contribution in [0.4, 0.5) is 0 Å². The van der Waals surface area contributed by atoms with E-state index in [-0.39, 0.29) is 0 Å². The van der Waals surface area contributed by atoms with Crippen molar-refractivity contribution in [2.24, 2.45) is 15.0 Å². The summed E-state index contributed by atoms with van der Waals surface area (Å²) < 4.78 is 0. The SMILES string of the molecule is C=Cc1c(C=C)c2cccc(-c3cc(C(=NCc4ccccc4)N=C(N=C)c4ccccc4)cc(-c4ccc(-c5ccccc5)cc4)c3)c2c2ccccc12. The van der Waals surface area contributed by atoms with Gasteiger partial charge in [0.2, 0.25) is 0 Å². The number of aliphatic imine (C=N–C) groups is 3. The lowest BCUT2D eigenvalue weighted by Gasteiger charge is -2.18. The van der Waals surface area contributed by atoms with E-state index in [2.05, 4.69) is 146 Å². The highest BCUT2D eigenvalue weighted by atomic mass is 15.0. The number of fused-ring (bicyclic) bond motifs is 3. The van der Waals surface area contributed by atoms with Crippen LogP contribution in [0, 0.1) is 0 Å². The molecule has 0 N–H and O–H groups in total. The Kier molecular flexibility index (Phi) is 10.0. The average Bonchev–Trinajstić information content (AvgIpc) is 3.26. The van der Waals surface area contributed by atoms with Crippen LogP contribution in [-0.4, -0.2) is 18.4 Å². The molecular formula is C52H39N3. The zero-order valence-electron chi connectivity index (χ0n) is 30.6. The molecular weight excluding hydrogens is 667 g/mol. The molecule has 262 valence electrons. The Morgan fingerprint density at radius 3 is 1.67 bits per heavy atom. The number of nitrogens with zero attached hydrogens (tertiary/aromatic N) is 3. The van der Waals surface area contributed by atoms with Gasteiger partial charge in [-0.3, -0.25) is 4.99 Å². The standard InChI is InChI=1S/C52H39N3/c1-4-44-45(5-2)48-27-17-26-46(50(48)49-25-16-15-24-47(44)49)42-32-41(39-30-28-38(29-31-39)37-20-11-7-12-21-37)33-43(34-42)52(54-35-36-18-9-6-10-19-36)55-51(53-3)40-22-13-8-14-23-40/h4-34H,1-3,35H2. The van der Waals surface area contributed by atoms with E-state index in [1.165, 1.54) is 5.56 Å². The van der Waals surface area contributed by atoms with E-state index < -0.39 is 0 Å². The van der Waals surface area contributed by atoms with Gasteiger partial charge in [0.1, 0.15) is 0 Å². The van der Waals surface area contributed by atoms with E-state index in [1.807, 2.05) is 66.7 Å². The average molecular weight is 706 g/mol. The molecule has 55 heavy (non-hydrogen) atoms. The zero-order valence-corrected chi connectivity index (χ0v) is 30.6. The van der Waals surface area contributed by atoms with Crippen LogP contribution in [0.15, 0.2) is 204 Å². The monoisotopic (exact) mass is 705 g/mol. The van der Waals surface area contributed by atoms with Gasteiger partial charge < -0.3 is 0 Å². The van der Waals surface area contributed by atoms with E-state index in [0.717, 1.165) is 77.2 Å². The summed E-state index contributed by atoms with van der Waals surface area (Å²) in [7, 11) is 0. The van der Waals surface area contributed by atoms with Crippen molar-refractivity contribution >= 4 is 52.1 Å². The van der Waals surface area contributed by atoms with Gasteiger partial charge in [-0.25, -0.2) is 9.98 Å². The van der Waals surface area contributed by atoms with Gasteiger partial charge in [0, 0.05) is 11.1 Å². The molecule has 8 aromatic rings. The number of hydrogen-bond donors (Lipinski definition) is 0. The summed E-state index contributed by atoms with van der Waals surface area (Å²) in [5.74, 6) is 1.08. The molecule has 0 saturated carbocycles. The lowest BCUT2D eigenvalue weighted by atomic mass is 9.86. The molecule has 0 spiro atoms. The van der Waals surface area contributed by atoms with Crippen LogP contribution in [0.2, 0.25) is 0 Å². The minimum Gasteiger partial charge on any atom is -0.261 e. The first-order chi connectivity index (χ1) is 27.1. The minimum absolute atomic E-state index is 0.455. The minimum atomic E-state index is 0.455. The highest BCUT2D eigenvalue weighted by molar-refractivity contribution is 6.20. The van der Waals surface area contributed by atoms with Crippen molar-refractivity contribution in [2.75, 3.05) is 0 Å². The summed E-state index contributed by atoms with van der Waals surface area (Å²) in [6, 6.07) is 61.2. The fourth-order valence-electron chi connectivity index (χ4n) is 7.36. The molecule has 0 aliphatic rings. The maximum absolute atomic E-state index is 5.18. The molecule has 0 aliphatic carbocycles. The van der Waals surface area contributed by atoms with Gasteiger partial charge in [0.15, 0.2) is 11.7 Å². The van der Waals surface area contributed by atoms with E-state index in [0.29, 0.717) is 18.2 Å². The Morgan fingerprint density at radius 1 is 0.455 bits per heavy atom. The quantitative estimate of drug-likeness (QED) is 0.0814. The lowest BCUT2D eigenvalue weighted by Crippen LogP contribution is -2.06. The van der Waals surface area contributed by atoms with Crippen molar-refractivity contribution in [3.8, 4) is 33.4 Å². The number of hydrogen-bond acceptors (Lipinski definition) is 1. The lowest BCUT2D eigenvalue weighted by molar-refractivity contribution is 1.06. The van der Waals surface area contributed by atoms with Gasteiger partial charge >= 0.3 is 0 Å². The molecule has 0 heterocycles. The van der Waals surface area contributed by atoms with Gasteiger partial charge in [-0.15, -0.1) is 0 Å². The van der Waals surface area contributed by atoms with Gasteiger partial charge in [-0.05, 0) is 96.5 Å². The molecule has 0 amide bonds.